The summed E-state index contributed by atoms with van der Waals surface area (Å²) in [5, 5.41) is 13.3. The highest BCUT2D eigenvalue weighted by Crippen LogP contribution is 2.35. The highest BCUT2D eigenvalue weighted by Gasteiger charge is 2.32. The van der Waals surface area contributed by atoms with Crippen LogP contribution in [0.2, 0.25) is 0 Å². The van der Waals surface area contributed by atoms with Gasteiger partial charge in [0.15, 0.2) is 5.76 Å². The number of thiophene rings is 1. The molecule has 1 N–H and O–H groups in total. The lowest BCUT2D eigenvalue weighted by atomic mass is 9.84. The van der Waals surface area contributed by atoms with Crippen LogP contribution in [0, 0.1) is 5.92 Å². The van der Waals surface area contributed by atoms with Gasteiger partial charge in [-0.3, -0.25) is 9.69 Å². The number of carbonyl (C=O) groups is 1. The standard InChI is InChI=1S/C24H26N2O3S/c27-24(28)19-13-26(14-19)15-20-10-11-23(30-20)22-12-21(25-29-22)18-8-6-17(7-9-18)16-4-2-1-3-5-16/h6-12,16,19H,1-5,13-15H2,(H,27,28). The van der Waals surface area contributed by atoms with Gasteiger partial charge in [-0.05, 0) is 36.5 Å². The molecule has 0 amide bonds. The van der Waals surface area contributed by atoms with E-state index in [-0.39, 0.29) is 5.92 Å². The van der Waals surface area contributed by atoms with E-state index in [2.05, 4.69) is 46.5 Å². The average Bonchev–Trinajstić information content (AvgIpc) is 3.40. The first kappa shape index (κ1) is 19.5. The summed E-state index contributed by atoms with van der Waals surface area (Å²) in [4.78, 5) is 15.4. The summed E-state index contributed by atoms with van der Waals surface area (Å²) in [6, 6.07) is 15.0. The number of nitrogens with zero attached hydrogens (tertiary/aromatic N) is 2. The molecule has 1 aliphatic carbocycles. The van der Waals surface area contributed by atoms with Crippen molar-refractivity contribution in [3.05, 3.63) is 52.9 Å². The molecule has 0 bridgehead atoms. The molecule has 2 aromatic heterocycles. The van der Waals surface area contributed by atoms with Crippen molar-refractivity contribution >= 4 is 17.3 Å². The summed E-state index contributed by atoms with van der Waals surface area (Å²) in [5.74, 6) is 0.580. The lowest BCUT2D eigenvalue weighted by Crippen LogP contribution is -2.49. The van der Waals surface area contributed by atoms with Crippen molar-refractivity contribution in [2.75, 3.05) is 13.1 Å². The Kier molecular flexibility index (Phi) is 5.44. The Morgan fingerprint density at radius 3 is 2.60 bits per heavy atom. The summed E-state index contributed by atoms with van der Waals surface area (Å²) >= 11 is 1.68. The highest BCUT2D eigenvalue weighted by molar-refractivity contribution is 7.15. The molecule has 2 aliphatic rings. The van der Waals surface area contributed by atoms with Gasteiger partial charge in [0.2, 0.25) is 0 Å². The predicted molar refractivity (Wildman–Crippen MR) is 117 cm³/mol. The molecule has 156 valence electrons. The average molecular weight is 423 g/mol. The Bertz CT molecular complexity index is 1010. The third-order valence-corrected chi connectivity index (χ3v) is 7.47. The molecule has 3 aromatic rings. The Hall–Kier alpha value is -2.44. The molecule has 30 heavy (non-hydrogen) atoms. The minimum atomic E-state index is -0.695. The van der Waals surface area contributed by atoms with Gasteiger partial charge >= 0.3 is 5.97 Å². The van der Waals surface area contributed by atoms with Gasteiger partial charge in [-0.25, -0.2) is 0 Å². The molecular weight excluding hydrogens is 396 g/mol. The summed E-state index contributed by atoms with van der Waals surface area (Å²) in [7, 11) is 0. The maximum Gasteiger partial charge on any atom is 0.309 e. The van der Waals surface area contributed by atoms with Gasteiger partial charge in [-0.15, -0.1) is 11.3 Å². The first-order valence-electron chi connectivity index (χ1n) is 10.8. The zero-order chi connectivity index (χ0) is 20.5. The molecule has 0 radical (unpaired) electrons. The summed E-state index contributed by atoms with van der Waals surface area (Å²) in [6.45, 7) is 2.05. The molecule has 1 aliphatic heterocycles. The molecule has 0 unspecified atom stereocenters. The van der Waals surface area contributed by atoms with Gasteiger partial charge in [0.25, 0.3) is 0 Å². The van der Waals surface area contributed by atoms with Crippen LogP contribution in [-0.4, -0.2) is 34.2 Å². The molecular formula is C24H26N2O3S. The van der Waals surface area contributed by atoms with Gasteiger partial charge in [-0.1, -0.05) is 48.7 Å². The van der Waals surface area contributed by atoms with Crippen molar-refractivity contribution in [3.63, 3.8) is 0 Å². The van der Waals surface area contributed by atoms with Crippen molar-refractivity contribution in [2.45, 2.75) is 44.6 Å². The van der Waals surface area contributed by atoms with Gasteiger partial charge in [0.05, 0.1) is 10.8 Å². The molecule has 3 heterocycles. The Labute approximate surface area is 180 Å². The lowest BCUT2D eigenvalue weighted by molar-refractivity contribution is -0.147. The number of benzene rings is 1. The number of carboxylic acids is 1. The van der Waals surface area contributed by atoms with E-state index in [0.29, 0.717) is 19.0 Å². The van der Waals surface area contributed by atoms with Crippen LogP contribution in [-0.2, 0) is 11.3 Å². The van der Waals surface area contributed by atoms with Gasteiger partial charge < -0.3 is 9.63 Å². The Balaban J connectivity index is 1.23. The highest BCUT2D eigenvalue weighted by atomic mass is 32.1. The van der Waals surface area contributed by atoms with E-state index in [4.69, 9.17) is 9.63 Å². The third-order valence-electron chi connectivity index (χ3n) is 6.38. The smallest absolute Gasteiger partial charge is 0.309 e. The van der Waals surface area contributed by atoms with Crippen LogP contribution in [0.1, 0.15) is 48.5 Å². The summed E-state index contributed by atoms with van der Waals surface area (Å²) < 4.78 is 5.63. The van der Waals surface area contributed by atoms with Crippen molar-refractivity contribution in [1.82, 2.24) is 10.1 Å². The first-order chi connectivity index (χ1) is 14.7. The van der Waals surface area contributed by atoms with Gasteiger partial charge in [0.1, 0.15) is 5.69 Å². The molecule has 1 saturated heterocycles. The SMILES string of the molecule is O=C(O)C1CN(Cc2ccc(-c3cc(-c4ccc(C5CCCCC5)cc4)no3)s2)C1. The van der Waals surface area contributed by atoms with Crippen LogP contribution in [0.5, 0.6) is 0 Å². The minimum Gasteiger partial charge on any atom is -0.481 e. The maximum atomic E-state index is 10.9. The molecule has 0 atom stereocenters. The van der Waals surface area contributed by atoms with E-state index in [9.17, 15) is 4.79 Å². The first-order valence-corrected chi connectivity index (χ1v) is 11.6. The topological polar surface area (TPSA) is 66.6 Å². The number of carboxylic acid groups (broad SMARTS) is 1. The van der Waals surface area contributed by atoms with E-state index in [1.807, 2.05) is 6.07 Å². The van der Waals surface area contributed by atoms with Crippen LogP contribution < -0.4 is 0 Å². The second kappa shape index (κ2) is 8.36. The van der Waals surface area contributed by atoms with Crippen molar-refractivity contribution in [1.29, 1.82) is 0 Å². The largest absolute Gasteiger partial charge is 0.481 e. The molecule has 6 heteroatoms. The monoisotopic (exact) mass is 422 g/mol. The lowest BCUT2D eigenvalue weighted by Gasteiger charge is -2.36. The molecule has 2 fully saturated rings. The van der Waals surface area contributed by atoms with Gasteiger partial charge in [0, 0.05) is 36.1 Å². The summed E-state index contributed by atoms with van der Waals surface area (Å²) in [5.41, 5.74) is 3.39. The second-order valence-corrected chi connectivity index (χ2v) is 9.70. The molecule has 5 rings (SSSR count). The van der Waals surface area contributed by atoms with E-state index in [1.165, 1.54) is 42.5 Å². The molecule has 1 saturated carbocycles. The number of hydrogen-bond donors (Lipinski definition) is 1. The normalized spacial score (nSPS) is 18.4. The maximum absolute atomic E-state index is 10.9. The van der Waals surface area contributed by atoms with E-state index in [1.54, 1.807) is 11.3 Å². The van der Waals surface area contributed by atoms with Crippen molar-refractivity contribution in [3.8, 4) is 21.9 Å². The van der Waals surface area contributed by atoms with E-state index >= 15 is 0 Å². The third kappa shape index (κ3) is 4.07. The Morgan fingerprint density at radius 2 is 1.87 bits per heavy atom. The number of rotatable bonds is 6. The number of aromatic nitrogens is 1. The molecule has 1 aromatic carbocycles. The van der Waals surface area contributed by atoms with E-state index < -0.39 is 5.97 Å². The van der Waals surface area contributed by atoms with Crippen molar-refractivity contribution in [2.24, 2.45) is 5.92 Å². The zero-order valence-electron chi connectivity index (χ0n) is 16.9. The number of likely N-dealkylation sites (tertiary alicyclic amines) is 1. The number of hydrogen-bond acceptors (Lipinski definition) is 5. The fourth-order valence-corrected chi connectivity index (χ4v) is 5.56. The fraction of sp³-hybridized carbons (Fsp3) is 0.417. The predicted octanol–water partition coefficient (Wildman–Crippen LogP) is 5.63. The quantitative estimate of drug-likeness (QED) is 0.557. The van der Waals surface area contributed by atoms with Crippen LogP contribution in [0.15, 0.2) is 47.0 Å². The fourth-order valence-electron chi connectivity index (χ4n) is 4.56. The van der Waals surface area contributed by atoms with Crippen LogP contribution in [0.4, 0.5) is 0 Å². The van der Waals surface area contributed by atoms with E-state index in [0.717, 1.165) is 28.4 Å². The van der Waals surface area contributed by atoms with Crippen LogP contribution >= 0.6 is 11.3 Å². The van der Waals surface area contributed by atoms with Gasteiger partial charge in [-0.2, -0.15) is 0 Å². The van der Waals surface area contributed by atoms with Crippen LogP contribution in [0.3, 0.4) is 0 Å². The second-order valence-electron chi connectivity index (χ2n) is 8.53. The summed E-state index contributed by atoms with van der Waals surface area (Å²) in [6.07, 6.45) is 6.69. The minimum absolute atomic E-state index is 0.217. The van der Waals surface area contributed by atoms with Crippen molar-refractivity contribution < 1.29 is 14.4 Å². The van der Waals surface area contributed by atoms with Crippen LogP contribution in [0.25, 0.3) is 21.9 Å². The number of aliphatic carboxylic acids is 1. The Morgan fingerprint density at radius 1 is 1.10 bits per heavy atom. The molecule has 5 nitrogen and oxygen atoms in total. The molecule has 0 spiro atoms. The zero-order valence-corrected chi connectivity index (χ0v) is 17.7.